The van der Waals surface area contributed by atoms with E-state index in [1.54, 1.807) is 67.1 Å². The van der Waals surface area contributed by atoms with Gasteiger partial charge < -0.3 is 9.88 Å². The third-order valence-corrected chi connectivity index (χ3v) is 6.92. The van der Waals surface area contributed by atoms with E-state index in [-0.39, 0.29) is 28.9 Å². The number of carbonyl (C=O) groups excluding carboxylic acids is 3. The van der Waals surface area contributed by atoms with E-state index in [2.05, 4.69) is 15.5 Å². The number of fused-ring (bicyclic) bond motifs is 2. The van der Waals surface area contributed by atoms with Crippen molar-refractivity contribution in [3.63, 3.8) is 0 Å². The fourth-order valence-electron chi connectivity index (χ4n) is 3.90. The Morgan fingerprint density at radius 1 is 0.914 bits per heavy atom. The summed E-state index contributed by atoms with van der Waals surface area (Å²) < 4.78 is 15.0. The van der Waals surface area contributed by atoms with Crippen LogP contribution < -0.4 is 5.32 Å². The number of aromatic nitrogens is 3. The zero-order chi connectivity index (χ0) is 24.7. The Bertz CT molecular complexity index is 1500. The van der Waals surface area contributed by atoms with Crippen molar-refractivity contribution in [3.8, 4) is 11.4 Å². The molecule has 0 aliphatic heterocycles. The second-order valence-corrected chi connectivity index (χ2v) is 9.39. The lowest BCUT2D eigenvalue weighted by atomic mass is 9.84. The molecule has 0 radical (unpaired) electrons. The van der Waals surface area contributed by atoms with Gasteiger partial charge in [0.2, 0.25) is 5.91 Å². The quantitative estimate of drug-likeness (QED) is 0.367. The third-order valence-electron chi connectivity index (χ3n) is 5.78. The Hall–Kier alpha value is -4.11. The standard InChI is InChI=1S/C26H19FN4O3S/c1-14(35-26-30-29-24(31(26)2)15-7-9-16(27)10-8-15)25(34)28-17-11-12-20-21(13-17)23(33)19-6-4-3-5-18(19)22(20)32/h3-14H,1-2H3,(H,28,34). The van der Waals surface area contributed by atoms with Gasteiger partial charge in [-0.3, -0.25) is 14.4 Å². The number of hydrogen-bond donors (Lipinski definition) is 1. The summed E-state index contributed by atoms with van der Waals surface area (Å²) in [6.45, 7) is 1.73. The molecule has 0 bridgehead atoms. The second-order valence-electron chi connectivity index (χ2n) is 8.09. The van der Waals surface area contributed by atoms with Gasteiger partial charge in [0.25, 0.3) is 0 Å². The lowest BCUT2D eigenvalue weighted by Crippen LogP contribution is -2.24. The van der Waals surface area contributed by atoms with Crippen LogP contribution in [0.2, 0.25) is 0 Å². The van der Waals surface area contributed by atoms with Gasteiger partial charge in [0, 0.05) is 40.6 Å². The number of hydrogen-bond acceptors (Lipinski definition) is 6. The molecule has 1 atom stereocenters. The van der Waals surface area contributed by atoms with Crippen molar-refractivity contribution in [2.24, 2.45) is 7.05 Å². The van der Waals surface area contributed by atoms with Crippen LogP contribution in [0.4, 0.5) is 10.1 Å². The smallest absolute Gasteiger partial charge is 0.237 e. The summed E-state index contributed by atoms with van der Waals surface area (Å²) in [6, 6.07) is 17.4. The normalized spacial score (nSPS) is 13.2. The number of ketones is 2. The first-order chi connectivity index (χ1) is 16.8. The maximum atomic E-state index is 13.2. The van der Waals surface area contributed by atoms with Gasteiger partial charge >= 0.3 is 0 Å². The highest BCUT2D eigenvalue weighted by Gasteiger charge is 2.29. The summed E-state index contributed by atoms with van der Waals surface area (Å²) in [4.78, 5) is 38.6. The fraction of sp³-hybridized carbons (Fsp3) is 0.115. The average Bonchev–Trinajstić information content (AvgIpc) is 3.22. The SMILES string of the molecule is CC(Sc1nnc(-c2ccc(F)cc2)n1C)C(=O)Nc1ccc2c(c1)C(=O)c1ccccc1C2=O. The average molecular weight is 487 g/mol. The molecule has 1 unspecified atom stereocenters. The summed E-state index contributed by atoms with van der Waals surface area (Å²) >= 11 is 1.22. The van der Waals surface area contributed by atoms with E-state index in [0.717, 1.165) is 0 Å². The minimum Gasteiger partial charge on any atom is -0.325 e. The van der Waals surface area contributed by atoms with Crippen LogP contribution in [0.1, 0.15) is 38.8 Å². The van der Waals surface area contributed by atoms with Crippen molar-refractivity contribution in [3.05, 3.63) is 94.8 Å². The molecule has 0 saturated heterocycles. The second kappa shape index (κ2) is 8.92. The number of halogens is 1. The number of thioether (sulfide) groups is 1. The largest absolute Gasteiger partial charge is 0.325 e. The molecule has 1 N–H and O–H groups in total. The number of carbonyl (C=O) groups is 3. The Morgan fingerprint density at radius 3 is 2.23 bits per heavy atom. The van der Waals surface area contributed by atoms with Crippen LogP contribution >= 0.6 is 11.8 Å². The van der Waals surface area contributed by atoms with Gasteiger partial charge in [0.15, 0.2) is 22.5 Å². The Balaban J connectivity index is 1.31. The van der Waals surface area contributed by atoms with Gasteiger partial charge in [-0.05, 0) is 49.4 Å². The molecule has 0 fully saturated rings. The van der Waals surface area contributed by atoms with E-state index in [0.29, 0.717) is 38.9 Å². The molecule has 1 heterocycles. The van der Waals surface area contributed by atoms with Gasteiger partial charge in [-0.1, -0.05) is 36.0 Å². The van der Waals surface area contributed by atoms with Gasteiger partial charge in [-0.25, -0.2) is 4.39 Å². The molecule has 9 heteroatoms. The molecule has 1 aliphatic rings. The summed E-state index contributed by atoms with van der Waals surface area (Å²) in [5.41, 5.74) is 2.46. The molecular weight excluding hydrogens is 467 g/mol. The van der Waals surface area contributed by atoms with Crippen molar-refractivity contribution >= 4 is 34.9 Å². The monoisotopic (exact) mass is 486 g/mol. The highest BCUT2D eigenvalue weighted by atomic mass is 32.2. The number of nitrogens with zero attached hydrogens (tertiary/aromatic N) is 3. The van der Waals surface area contributed by atoms with Crippen LogP contribution in [0.3, 0.4) is 0 Å². The van der Waals surface area contributed by atoms with Crippen LogP contribution in [0.15, 0.2) is 71.9 Å². The lowest BCUT2D eigenvalue weighted by molar-refractivity contribution is -0.115. The van der Waals surface area contributed by atoms with Crippen molar-refractivity contribution in [1.29, 1.82) is 0 Å². The number of amides is 1. The summed E-state index contributed by atoms with van der Waals surface area (Å²) in [7, 11) is 1.77. The molecule has 35 heavy (non-hydrogen) atoms. The first-order valence-electron chi connectivity index (χ1n) is 10.8. The van der Waals surface area contributed by atoms with Gasteiger partial charge in [-0.15, -0.1) is 10.2 Å². The van der Waals surface area contributed by atoms with Crippen LogP contribution in [-0.2, 0) is 11.8 Å². The third kappa shape index (κ3) is 4.15. The highest BCUT2D eigenvalue weighted by molar-refractivity contribution is 8.00. The Labute approximate surface area is 204 Å². The van der Waals surface area contributed by atoms with Gasteiger partial charge in [0.1, 0.15) is 5.82 Å². The van der Waals surface area contributed by atoms with E-state index >= 15 is 0 Å². The van der Waals surface area contributed by atoms with Crippen molar-refractivity contribution in [1.82, 2.24) is 14.8 Å². The zero-order valence-corrected chi connectivity index (χ0v) is 19.6. The summed E-state index contributed by atoms with van der Waals surface area (Å²) in [5.74, 6) is -0.542. The van der Waals surface area contributed by atoms with Gasteiger partial charge in [-0.2, -0.15) is 0 Å². The van der Waals surface area contributed by atoms with E-state index in [1.165, 1.54) is 30.0 Å². The number of benzene rings is 3. The molecule has 1 aromatic heterocycles. The molecule has 0 saturated carbocycles. The number of rotatable bonds is 5. The van der Waals surface area contributed by atoms with Gasteiger partial charge in [0.05, 0.1) is 5.25 Å². The van der Waals surface area contributed by atoms with E-state index in [4.69, 9.17) is 0 Å². The van der Waals surface area contributed by atoms with Crippen LogP contribution in [-0.4, -0.2) is 37.5 Å². The van der Waals surface area contributed by atoms with Crippen molar-refractivity contribution < 1.29 is 18.8 Å². The first kappa shape index (κ1) is 22.7. The minimum absolute atomic E-state index is 0.212. The zero-order valence-electron chi connectivity index (χ0n) is 18.8. The molecule has 5 rings (SSSR count). The fourth-order valence-corrected chi connectivity index (χ4v) is 4.72. The summed E-state index contributed by atoms with van der Waals surface area (Å²) in [5, 5.41) is 11.1. The lowest BCUT2D eigenvalue weighted by Gasteiger charge is -2.18. The Morgan fingerprint density at radius 2 is 1.54 bits per heavy atom. The Kier molecular flexibility index (Phi) is 5.78. The highest BCUT2D eigenvalue weighted by Crippen LogP contribution is 2.30. The van der Waals surface area contributed by atoms with E-state index in [1.807, 2.05) is 0 Å². The van der Waals surface area contributed by atoms with E-state index in [9.17, 15) is 18.8 Å². The molecule has 4 aromatic rings. The molecular formula is C26H19FN4O3S. The number of anilines is 1. The first-order valence-corrected chi connectivity index (χ1v) is 11.7. The summed E-state index contributed by atoms with van der Waals surface area (Å²) in [6.07, 6.45) is 0. The topological polar surface area (TPSA) is 93.9 Å². The maximum absolute atomic E-state index is 13.2. The minimum atomic E-state index is -0.534. The molecule has 1 aliphatic carbocycles. The molecule has 174 valence electrons. The van der Waals surface area contributed by atoms with Crippen molar-refractivity contribution in [2.75, 3.05) is 5.32 Å². The molecule has 1 amide bonds. The molecule has 3 aromatic carbocycles. The van der Waals surface area contributed by atoms with Crippen LogP contribution in [0.5, 0.6) is 0 Å². The van der Waals surface area contributed by atoms with Crippen LogP contribution in [0.25, 0.3) is 11.4 Å². The predicted molar refractivity (Wildman–Crippen MR) is 130 cm³/mol. The maximum Gasteiger partial charge on any atom is 0.237 e. The number of nitrogens with one attached hydrogen (secondary N) is 1. The van der Waals surface area contributed by atoms with Crippen molar-refractivity contribution in [2.45, 2.75) is 17.3 Å². The molecule has 7 nitrogen and oxygen atoms in total. The van der Waals surface area contributed by atoms with Crippen LogP contribution in [0, 0.1) is 5.82 Å². The molecule has 0 spiro atoms. The van der Waals surface area contributed by atoms with E-state index < -0.39 is 5.25 Å². The predicted octanol–water partition coefficient (Wildman–Crippen LogP) is 4.52.